The van der Waals surface area contributed by atoms with Crippen LogP contribution in [0.1, 0.15) is 16.7 Å². The van der Waals surface area contributed by atoms with Crippen LogP contribution in [0.2, 0.25) is 0 Å². The zero-order valence-electron chi connectivity index (χ0n) is 19.4. The summed E-state index contributed by atoms with van der Waals surface area (Å²) < 4.78 is 30.3. The van der Waals surface area contributed by atoms with Gasteiger partial charge in [-0.1, -0.05) is 28.1 Å². The van der Waals surface area contributed by atoms with Crippen molar-refractivity contribution in [1.29, 1.82) is 5.26 Å². The van der Waals surface area contributed by atoms with Crippen molar-refractivity contribution < 1.29 is 22.7 Å². The first-order valence-corrected chi connectivity index (χ1v) is 12.6. The Labute approximate surface area is 229 Å². The average molecular weight is 622 g/mol. The Hall–Kier alpha value is -4.00. The van der Waals surface area contributed by atoms with E-state index in [-0.39, 0.29) is 11.4 Å². The Bertz CT molecular complexity index is 1580. The largest absolute Gasteiger partial charge is 0.493 e. The van der Waals surface area contributed by atoms with Gasteiger partial charge >= 0.3 is 0 Å². The highest BCUT2D eigenvalue weighted by atomic mass is 79.9. The predicted molar refractivity (Wildman–Crippen MR) is 145 cm³/mol. The molecular formula is C28H18Br2N2O5. The molecule has 0 radical (unpaired) electrons. The highest BCUT2D eigenvalue weighted by molar-refractivity contribution is 9.10. The number of nitriles is 1. The Kier molecular flexibility index (Phi) is 7.30. The Morgan fingerprint density at radius 1 is 1.00 bits per heavy atom. The first-order valence-electron chi connectivity index (χ1n) is 11.0. The lowest BCUT2D eigenvalue weighted by Crippen LogP contribution is -1.99. The molecule has 0 atom stereocenters. The molecule has 0 unspecified atom stereocenters. The number of halogens is 2. The maximum atomic E-state index is 9.93. The number of ether oxygens (including phenoxy) is 2. The molecule has 0 fully saturated rings. The fourth-order valence-corrected chi connectivity index (χ4v) is 4.51. The summed E-state index contributed by atoms with van der Waals surface area (Å²) in [4.78, 5) is 4.48. The molecule has 0 aliphatic carbocycles. The van der Waals surface area contributed by atoms with Gasteiger partial charge in [0.15, 0.2) is 23.0 Å². The van der Waals surface area contributed by atoms with Gasteiger partial charge in [0.2, 0.25) is 5.88 Å². The second-order valence-electron chi connectivity index (χ2n) is 7.76. The third kappa shape index (κ3) is 5.26. The van der Waals surface area contributed by atoms with Gasteiger partial charge in [0.1, 0.15) is 24.0 Å². The molecule has 0 saturated carbocycles. The SMILES string of the molecule is COc1cc(C=Nc2oc(-c3ccco3)c(-c3ccco3)c2C#N)cc(Br)c1OCc1ccc(Br)cc1. The maximum Gasteiger partial charge on any atom is 0.238 e. The van der Waals surface area contributed by atoms with E-state index in [1.165, 1.54) is 12.5 Å². The molecule has 0 aliphatic rings. The van der Waals surface area contributed by atoms with Crippen molar-refractivity contribution in [1.82, 2.24) is 0 Å². The van der Waals surface area contributed by atoms with Crippen molar-refractivity contribution in [3.8, 4) is 40.4 Å². The Balaban J connectivity index is 1.46. The van der Waals surface area contributed by atoms with Gasteiger partial charge in [0, 0.05) is 10.7 Å². The van der Waals surface area contributed by atoms with E-state index in [1.54, 1.807) is 43.7 Å². The number of rotatable bonds is 8. The van der Waals surface area contributed by atoms with Crippen molar-refractivity contribution in [2.24, 2.45) is 4.99 Å². The smallest absolute Gasteiger partial charge is 0.238 e. The highest BCUT2D eigenvalue weighted by Gasteiger charge is 2.26. The summed E-state index contributed by atoms with van der Waals surface area (Å²) in [5.74, 6) is 2.52. The molecule has 37 heavy (non-hydrogen) atoms. The number of benzene rings is 2. The van der Waals surface area contributed by atoms with Gasteiger partial charge in [-0.15, -0.1) is 0 Å². The van der Waals surface area contributed by atoms with Crippen molar-refractivity contribution in [3.63, 3.8) is 0 Å². The molecule has 0 saturated heterocycles. The van der Waals surface area contributed by atoms with Crippen LogP contribution in [-0.2, 0) is 6.61 Å². The van der Waals surface area contributed by atoms with Crippen LogP contribution in [0.15, 0.2) is 100 Å². The fourth-order valence-electron chi connectivity index (χ4n) is 3.67. The summed E-state index contributed by atoms with van der Waals surface area (Å²) in [5.41, 5.74) is 2.44. The Morgan fingerprint density at radius 3 is 2.38 bits per heavy atom. The molecular weight excluding hydrogens is 604 g/mol. The van der Waals surface area contributed by atoms with Crippen LogP contribution in [0.4, 0.5) is 5.88 Å². The van der Waals surface area contributed by atoms with E-state index in [1.807, 2.05) is 30.3 Å². The molecule has 7 nitrogen and oxygen atoms in total. The first-order chi connectivity index (χ1) is 18.1. The normalized spacial score (nSPS) is 11.1. The topological polar surface area (TPSA) is 94.0 Å². The van der Waals surface area contributed by atoms with Gasteiger partial charge in [-0.3, -0.25) is 0 Å². The van der Waals surface area contributed by atoms with Crippen LogP contribution in [0.5, 0.6) is 11.5 Å². The molecule has 5 rings (SSSR count). The second kappa shape index (κ2) is 10.9. The molecule has 0 amide bonds. The first kappa shape index (κ1) is 24.7. The number of furan rings is 3. The molecule has 3 aromatic heterocycles. The number of hydrogen-bond acceptors (Lipinski definition) is 7. The van der Waals surface area contributed by atoms with Crippen LogP contribution >= 0.6 is 31.9 Å². The third-order valence-electron chi connectivity index (χ3n) is 5.39. The van der Waals surface area contributed by atoms with Crippen LogP contribution < -0.4 is 9.47 Å². The summed E-state index contributed by atoms with van der Waals surface area (Å²) in [7, 11) is 1.57. The lowest BCUT2D eigenvalue weighted by atomic mass is 10.1. The summed E-state index contributed by atoms with van der Waals surface area (Å²) in [6.45, 7) is 0.374. The van der Waals surface area contributed by atoms with Gasteiger partial charge in [0.25, 0.3) is 0 Å². The summed E-state index contributed by atoms with van der Waals surface area (Å²) in [6, 6.07) is 20.7. The van der Waals surface area contributed by atoms with Gasteiger partial charge in [0.05, 0.1) is 29.7 Å². The van der Waals surface area contributed by atoms with Crippen LogP contribution in [-0.4, -0.2) is 13.3 Å². The van der Waals surface area contributed by atoms with E-state index < -0.39 is 0 Å². The summed E-state index contributed by atoms with van der Waals surface area (Å²) >= 11 is 7.01. The molecule has 0 N–H and O–H groups in total. The predicted octanol–water partition coefficient (Wildman–Crippen LogP) is 8.53. The molecule has 0 spiro atoms. The van der Waals surface area contributed by atoms with E-state index in [0.29, 0.717) is 51.0 Å². The molecule has 3 heterocycles. The minimum Gasteiger partial charge on any atom is -0.493 e. The number of nitrogens with zero attached hydrogens (tertiary/aromatic N) is 2. The summed E-state index contributed by atoms with van der Waals surface area (Å²) in [5, 5.41) is 9.93. The maximum absolute atomic E-state index is 9.93. The van der Waals surface area contributed by atoms with Crippen molar-refractivity contribution >= 4 is 44.0 Å². The van der Waals surface area contributed by atoms with Crippen molar-refractivity contribution in [3.05, 3.63) is 98.8 Å². The van der Waals surface area contributed by atoms with Crippen LogP contribution in [0.25, 0.3) is 22.8 Å². The number of aliphatic imine (C=N–C) groups is 1. The van der Waals surface area contributed by atoms with E-state index in [2.05, 4.69) is 42.9 Å². The molecule has 0 aliphatic heterocycles. The van der Waals surface area contributed by atoms with Gasteiger partial charge in [-0.05, 0) is 75.6 Å². The van der Waals surface area contributed by atoms with Gasteiger partial charge in [-0.2, -0.15) is 5.26 Å². The van der Waals surface area contributed by atoms with Gasteiger partial charge in [-0.25, -0.2) is 4.99 Å². The molecule has 5 aromatic rings. The van der Waals surface area contributed by atoms with Gasteiger partial charge < -0.3 is 22.7 Å². The van der Waals surface area contributed by atoms with Crippen LogP contribution in [0, 0.1) is 11.3 Å². The Morgan fingerprint density at radius 2 is 1.73 bits per heavy atom. The van der Waals surface area contributed by atoms with Crippen molar-refractivity contribution in [2.45, 2.75) is 6.61 Å². The van der Waals surface area contributed by atoms with Crippen molar-refractivity contribution in [2.75, 3.05) is 7.11 Å². The third-order valence-corrected chi connectivity index (χ3v) is 6.51. The second-order valence-corrected chi connectivity index (χ2v) is 9.53. The number of hydrogen-bond donors (Lipinski definition) is 0. The zero-order valence-corrected chi connectivity index (χ0v) is 22.6. The zero-order chi connectivity index (χ0) is 25.8. The lowest BCUT2D eigenvalue weighted by molar-refractivity contribution is 0.282. The minimum atomic E-state index is 0.131. The number of methoxy groups -OCH3 is 1. The minimum absolute atomic E-state index is 0.131. The van der Waals surface area contributed by atoms with E-state index in [9.17, 15) is 5.26 Å². The molecule has 9 heteroatoms. The standard InChI is InChI=1S/C28H18Br2N2O5/c1-33-24-13-18(12-21(30)26(24)36-16-17-6-8-19(29)9-7-17)15-32-28-20(14-31)25(22-4-2-10-34-22)27(37-28)23-5-3-11-35-23/h2-13,15H,16H2,1H3. The lowest BCUT2D eigenvalue weighted by Gasteiger charge is -2.13. The van der Waals surface area contributed by atoms with E-state index in [0.717, 1.165) is 10.0 Å². The molecule has 184 valence electrons. The molecule has 2 aromatic carbocycles. The fraction of sp³-hybridized carbons (Fsp3) is 0.0714. The molecule has 0 bridgehead atoms. The quantitative estimate of drug-likeness (QED) is 0.161. The van der Waals surface area contributed by atoms with Crippen LogP contribution in [0.3, 0.4) is 0 Å². The highest BCUT2D eigenvalue weighted by Crippen LogP contribution is 2.43. The van der Waals surface area contributed by atoms with E-state index >= 15 is 0 Å². The average Bonchev–Trinajstić information content (AvgIpc) is 3.68. The van der Waals surface area contributed by atoms with E-state index in [4.69, 9.17) is 22.7 Å². The monoisotopic (exact) mass is 620 g/mol. The summed E-state index contributed by atoms with van der Waals surface area (Å²) in [6.07, 6.45) is 4.65.